The molecule has 1 unspecified atom stereocenters. The summed E-state index contributed by atoms with van der Waals surface area (Å²) in [7, 11) is 0. The maximum Gasteiger partial charge on any atom is 0.253 e. The number of nitrogens with zero attached hydrogens (tertiary/aromatic N) is 5. The first-order valence-corrected chi connectivity index (χ1v) is 12.4. The Morgan fingerprint density at radius 1 is 1.00 bits per heavy atom. The van der Waals surface area contributed by atoms with Crippen LogP contribution >= 0.6 is 0 Å². The van der Waals surface area contributed by atoms with Crippen molar-refractivity contribution >= 4 is 10.9 Å². The number of aromatic amines is 1. The van der Waals surface area contributed by atoms with Crippen LogP contribution in [0, 0.1) is 19.7 Å². The molecule has 0 radical (unpaired) electrons. The fraction of sp³-hybridized carbons (Fsp3) is 0.241. The van der Waals surface area contributed by atoms with E-state index in [4.69, 9.17) is 0 Å². The molecule has 2 aromatic heterocycles. The van der Waals surface area contributed by atoms with Crippen molar-refractivity contribution in [1.29, 1.82) is 0 Å². The normalized spacial score (nSPS) is 14.6. The lowest BCUT2D eigenvalue weighted by atomic mass is 9.95. The van der Waals surface area contributed by atoms with Crippen LogP contribution in [-0.2, 0) is 19.5 Å². The van der Waals surface area contributed by atoms with Gasteiger partial charge < -0.3 is 4.98 Å². The van der Waals surface area contributed by atoms with Crippen LogP contribution in [0.4, 0.5) is 4.39 Å². The zero-order valence-electron chi connectivity index (χ0n) is 20.8. The van der Waals surface area contributed by atoms with Gasteiger partial charge in [0.15, 0.2) is 5.82 Å². The summed E-state index contributed by atoms with van der Waals surface area (Å²) >= 11 is 0. The second-order valence-electron chi connectivity index (χ2n) is 9.75. The summed E-state index contributed by atoms with van der Waals surface area (Å²) in [5.74, 6) is 0.290. The molecule has 0 saturated carbocycles. The third-order valence-electron chi connectivity index (χ3n) is 7.34. The monoisotopic (exact) mass is 494 g/mol. The van der Waals surface area contributed by atoms with Crippen molar-refractivity contribution in [2.24, 2.45) is 0 Å². The Morgan fingerprint density at radius 3 is 2.57 bits per heavy atom. The highest BCUT2D eigenvalue weighted by molar-refractivity contribution is 5.85. The van der Waals surface area contributed by atoms with Crippen molar-refractivity contribution in [3.63, 3.8) is 0 Å². The summed E-state index contributed by atoms with van der Waals surface area (Å²) in [5.41, 5.74) is 6.85. The minimum Gasteiger partial charge on any atom is -0.321 e. The molecule has 1 aliphatic heterocycles. The number of benzene rings is 3. The van der Waals surface area contributed by atoms with Gasteiger partial charge in [-0.15, -0.1) is 5.10 Å². The quantitative estimate of drug-likeness (QED) is 0.390. The Kier molecular flexibility index (Phi) is 5.88. The largest absolute Gasteiger partial charge is 0.321 e. The van der Waals surface area contributed by atoms with E-state index >= 15 is 0 Å². The number of tetrazole rings is 1. The van der Waals surface area contributed by atoms with E-state index in [1.54, 1.807) is 16.8 Å². The molecule has 0 spiro atoms. The van der Waals surface area contributed by atoms with E-state index in [-0.39, 0.29) is 11.4 Å². The first-order valence-electron chi connectivity index (χ1n) is 12.4. The number of hydrogen-bond acceptors (Lipinski definition) is 5. The van der Waals surface area contributed by atoms with Gasteiger partial charge in [-0.2, -0.15) is 0 Å². The van der Waals surface area contributed by atoms with Crippen molar-refractivity contribution in [3.05, 3.63) is 122 Å². The van der Waals surface area contributed by atoms with E-state index in [1.165, 1.54) is 23.3 Å². The van der Waals surface area contributed by atoms with Crippen LogP contribution in [0.2, 0.25) is 0 Å². The van der Waals surface area contributed by atoms with Gasteiger partial charge in [-0.1, -0.05) is 48.5 Å². The van der Waals surface area contributed by atoms with E-state index in [9.17, 15) is 9.18 Å². The fourth-order valence-electron chi connectivity index (χ4n) is 5.31. The maximum absolute atomic E-state index is 13.6. The first kappa shape index (κ1) is 23.2. The van der Waals surface area contributed by atoms with Crippen LogP contribution in [-0.4, -0.2) is 36.6 Å². The lowest BCUT2D eigenvalue weighted by Crippen LogP contribution is -2.38. The number of H-pyrrole nitrogens is 1. The summed E-state index contributed by atoms with van der Waals surface area (Å²) in [4.78, 5) is 19.0. The summed E-state index contributed by atoms with van der Waals surface area (Å²) in [5, 5.41) is 13.7. The molecule has 5 aromatic rings. The van der Waals surface area contributed by atoms with Crippen molar-refractivity contribution in [1.82, 2.24) is 30.1 Å². The molecule has 3 aromatic carbocycles. The molecule has 1 N–H and O–H groups in total. The predicted octanol–water partition coefficient (Wildman–Crippen LogP) is 4.47. The van der Waals surface area contributed by atoms with Gasteiger partial charge in [0.25, 0.3) is 5.56 Å². The highest BCUT2D eigenvalue weighted by atomic mass is 19.1. The Morgan fingerprint density at radius 2 is 1.76 bits per heavy atom. The molecule has 0 amide bonds. The minimum atomic E-state index is -0.461. The van der Waals surface area contributed by atoms with Crippen LogP contribution < -0.4 is 5.56 Å². The number of aromatic nitrogens is 5. The predicted molar refractivity (Wildman–Crippen MR) is 140 cm³/mol. The Balaban J connectivity index is 1.50. The van der Waals surface area contributed by atoms with Gasteiger partial charge in [-0.25, -0.2) is 9.07 Å². The van der Waals surface area contributed by atoms with Crippen molar-refractivity contribution < 1.29 is 4.39 Å². The molecule has 8 heteroatoms. The molecule has 37 heavy (non-hydrogen) atoms. The summed E-state index contributed by atoms with van der Waals surface area (Å²) in [6.07, 6.45) is 0.871. The van der Waals surface area contributed by atoms with E-state index in [1.807, 2.05) is 25.1 Å². The third-order valence-corrected chi connectivity index (χ3v) is 7.34. The van der Waals surface area contributed by atoms with E-state index in [0.29, 0.717) is 24.5 Å². The van der Waals surface area contributed by atoms with E-state index in [0.717, 1.165) is 40.6 Å². The molecule has 0 bridgehead atoms. The smallest absolute Gasteiger partial charge is 0.253 e. The molecule has 0 saturated heterocycles. The maximum atomic E-state index is 13.6. The van der Waals surface area contributed by atoms with E-state index < -0.39 is 6.04 Å². The van der Waals surface area contributed by atoms with Crippen LogP contribution in [0.3, 0.4) is 0 Å². The second-order valence-corrected chi connectivity index (χ2v) is 9.75. The number of pyridine rings is 1. The second kappa shape index (κ2) is 9.37. The van der Waals surface area contributed by atoms with Gasteiger partial charge in [-0.05, 0) is 76.7 Å². The van der Waals surface area contributed by atoms with Crippen LogP contribution in [0.5, 0.6) is 0 Å². The number of halogens is 1. The van der Waals surface area contributed by atoms with Gasteiger partial charge in [0.1, 0.15) is 11.9 Å². The Labute approximate surface area is 213 Å². The topological polar surface area (TPSA) is 79.7 Å². The van der Waals surface area contributed by atoms with Crippen LogP contribution in [0.25, 0.3) is 10.9 Å². The molecule has 0 fully saturated rings. The van der Waals surface area contributed by atoms with Crippen LogP contribution in [0.1, 0.15) is 45.2 Å². The molecule has 1 atom stereocenters. The average molecular weight is 495 g/mol. The molecule has 1 aliphatic rings. The minimum absolute atomic E-state index is 0.151. The first-order chi connectivity index (χ1) is 18.0. The van der Waals surface area contributed by atoms with Gasteiger partial charge in [0.05, 0.1) is 12.1 Å². The molecule has 6 rings (SSSR count). The molecule has 3 heterocycles. The lowest BCUT2D eigenvalue weighted by Gasteiger charge is -2.35. The third kappa shape index (κ3) is 4.34. The number of aryl methyl sites for hydroxylation is 2. The molecule has 186 valence electrons. The van der Waals surface area contributed by atoms with E-state index in [2.05, 4.69) is 56.6 Å². The number of hydrogen-bond donors (Lipinski definition) is 1. The van der Waals surface area contributed by atoms with Gasteiger partial charge in [0.2, 0.25) is 0 Å². The zero-order chi connectivity index (χ0) is 25.5. The highest BCUT2D eigenvalue weighted by Gasteiger charge is 2.32. The fourth-order valence-corrected chi connectivity index (χ4v) is 5.31. The van der Waals surface area contributed by atoms with Crippen LogP contribution in [0.15, 0.2) is 71.5 Å². The van der Waals surface area contributed by atoms with Gasteiger partial charge in [0, 0.05) is 24.0 Å². The Bertz CT molecular complexity index is 1660. The number of nitrogens with one attached hydrogen (secondary N) is 1. The average Bonchev–Trinajstić information content (AvgIpc) is 3.36. The summed E-state index contributed by atoms with van der Waals surface area (Å²) in [6.45, 7) is 5.85. The summed E-state index contributed by atoms with van der Waals surface area (Å²) in [6, 6.07) is 20.3. The van der Waals surface area contributed by atoms with Crippen molar-refractivity contribution in [2.45, 2.75) is 39.4 Å². The summed E-state index contributed by atoms with van der Waals surface area (Å²) < 4.78 is 15.2. The molecular weight excluding hydrogens is 467 g/mol. The van der Waals surface area contributed by atoms with Gasteiger partial charge in [-0.3, -0.25) is 9.69 Å². The SMILES string of the molecule is Cc1ccc(C)c2[nH]c(=O)c(C(c3nnnn3Cc3ccc(F)cc3)N3CCc4ccccc4C3)cc12. The number of rotatable bonds is 5. The zero-order valence-corrected chi connectivity index (χ0v) is 20.8. The lowest BCUT2D eigenvalue weighted by molar-refractivity contribution is 0.194. The number of fused-ring (bicyclic) bond motifs is 2. The molecule has 0 aliphatic carbocycles. The van der Waals surface area contributed by atoms with Crippen molar-refractivity contribution in [2.75, 3.05) is 6.54 Å². The van der Waals surface area contributed by atoms with Gasteiger partial charge >= 0.3 is 0 Å². The standard InChI is InChI=1S/C29H27FN6O/c1-18-7-8-19(2)26-24(18)15-25(29(37)31-26)27(35-14-13-21-5-3-4-6-22(21)17-35)28-32-33-34-36(28)16-20-9-11-23(30)12-10-20/h3-12,15,27H,13-14,16-17H2,1-2H3,(H,31,37). The molecule has 7 nitrogen and oxygen atoms in total. The molecular formula is C29H27FN6O. The Hall–Kier alpha value is -4.17. The van der Waals surface area contributed by atoms with Crippen molar-refractivity contribution in [3.8, 4) is 0 Å². The highest BCUT2D eigenvalue weighted by Crippen LogP contribution is 2.32.